The van der Waals surface area contributed by atoms with Crippen LogP contribution in [-0.4, -0.2) is 32.9 Å². The van der Waals surface area contributed by atoms with Gasteiger partial charge in [0.1, 0.15) is 4.34 Å². The molecule has 1 aromatic rings. The van der Waals surface area contributed by atoms with E-state index in [1.165, 1.54) is 23.1 Å². The fraction of sp³-hybridized carbons (Fsp3) is 0.545. The first-order chi connectivity index (χ1) is 8.49. The van der Waals surface area contributed by atoms with E-state index in [1.54, 1.807) is 0 Å². The van der Waals surface area contributed by atoms with Crippen LogP contribution < -0.4 is 0 Å². The number of thioether (sulfide) groups is 1. The molecule has 7 heteroatoms. The molecule has 0 saturated heterocycles. The third kappa shape index (κ3) is 5.50. The van der Waals surface area contributed by atoms with E-state index in [1.807, 2.05) is 6.92 Å². The molecule has 100 valence electrons. The molecule has 0 atom stereocenters. The molecule has 1 rings (SSSR count). The van der Waals surface area contributed by atoms with Crippen molar-refractivity contribution in [3.63, 3.8) is 0 Å². The van der Waals surface area contributed by atoms with Crippen LogP contribution in [0, 0.1) is 6.92 Å². The maximum absolute atomic E-state index is 10.5. The highest BCUT2D eigenvalue weighted by Crippen LogP contribution is 2.28. The van der Waals surface area contributed by atoms with Crippen molar-refractivity contribution in [3.05, 3.63) is 10.6 Å². The van der Waals surface area contributed by atoms with Crippen LogP contribution >= 0.6 is 23.1 Å². The number of carboxylic acids is 2. The Hall–Kier alpha value is -1.08. The zero-order chi connectivity index (χ0) is 13.5. The molecule has 0 saturated carbocycles. The molecule has 0 amide bonds. The van der Waals surface area contributed by atoms with Crippen LogP contribution in [0.1, 0.15) is 29.8 Å². The van der Waals surface area contributed by atoms with Crippen molar-refractivity contribution in [2.45, 2.75) is 36.9 Å². The van der Waals surface area contributed by atoms with Gasteiger partial charge in [-0.3, -0.25) is 9.59 Å². The molecule has 0 aliphatic carbocycles. The quantitative estimate of drug-likeness (QED) is 0.564. The molecule has 0 radical (unpaired) electrons. The number of hydrogen-bond donors (Lipinski definition) is 2. The molecular weight excluding hydrogens is 274 g/mol. The highest BCUT2D eigenvalue weighted by atomic mass is 32.2. The van der Waals surface area contributed by atoms with Gasteiger partial charge < -0.3 is 10.2 Å². The number of thiazole rings is 1. The average Bonchev–Trinajstić information content (AvgIpc) is 2.62. The van der Waals surface area contributed by atoms with Crippen molar-refractivity contribution >= 4 is 35.0 Å². The Labute approximate surface area is 113 Å². The molecule has 0 fully saturated rings. The predicted molar refractivity (Wildman–Crippen MR) is 70.4 cm³/mol. The number of rotatable bonds is 8. The van der Waals surface area contributed by atoms with E-state index < -0.39 is 11.9 Å². The molecule has 0 bridgehead atoms. The van der Waals surface area contributed by atoms with Crippen molar-refractivity contribution in [1.29, 1.82) is 0 Å². The summed E-state index contributed by atoms with van der Waals surface area (Å²) in [7, 11) is 0. The Morgan fingerprint density at radius 2 is 1.94 bits per heavy atom. The van der Waals surface area contributed by atoms with Gasteiger partial charge in [0, 0.05) is 17.1 Å². The lowest BCUT2D eigenvalue weighted by Gasteiger charge is -1.94. The maximum Gasteiger partial charge on any atom is 0.303 e. The smallest absolute Gasteiger partial charge is 0.303 e. The number of aliphatic carboxylic acids is 2. The summed E-state index contributed by atoms with van der Waals surface area (Å²) in [5.74, 6) is -0.871. The summed E-state index contributed by atoms with van der Waals surface area (Å²) in [6, 6.07) is 0. The van der Waals surface area contributed by atoms with Crippen LogP contribution in [0.15, 0.2) is 4.34 Å². The first-order valence-electron chi connectivity index (χ1n) is 5.51. The van der Waals surface area contributed by atoms with E-state index >= 15 is 0 Å². The molecule has 0 aliphatic heterocycles. The Kier molecular flexibility index (Phi) is 6.14. The topological polar surface area (TPSA) is 87.5 Å². The van der Waals surface area contributed by atoms with Crippen molar-refractivity contribution < 1.29 is 19.8 Å². The summed E-state index contributed by atoms with van der Waals surface area (Å²) >= 11 is 3.03. The zero-order valence-electron chi connectivity index (χ0n) is 10.0. The molecule has 0 aliphatic rings. The molecule has 1 heterocycles. The highest BCUT2D eigenvalue weighted by molar-refractivity contribution is 8.01. The van der Waals surface area contributed by atoms with E-state index in [0.717, 1.165) is 20.7 Å². The summed E-state index contributed by atoms with van der Waals surface area (Å²) in [5, 5.41) is 17.1. The Morgan fingerprint density at radius 3 is 2.56 bits per heavy atom. The molecule has 0 aromatic carbocycles. The van der Waals surface area contributed by atoms with E-state index in [4.69, 9.17) is 10.2 Å². The van der Waals surface area contributed by atoms with Gasteiger partial charge in [-0.25, -0.2) is 4.98 Å². The van der Waals surface area contributed by atoms with Crippen LogP contribution in [0.3, 0.4) is 0 Å². The van der Waals surface area contributed by atoms with Gasteiger partial charge in [-0.15, -0.1) is 11.3 Å². The number of aryl methyl sites for hydroxylation is 2. The molecule has 2 N–H and O–H groups in total. The third-order valence-corrected chi connectivity index (χ3v) is 4.65. The predicted octanol–water partition coefficient (Wildman–Crippen LogP) is 2.43. The first-order valence-corrected chi connectivity index (χ1v) is 7.32. The Balaban J connectivity index is 2.40. The molecule has 18 heavy (non-hydrogen) atoms. The number of nitrogens with zero attached hydrogens (tertiary/aromatic N) is 1. The number of carboxylic acid groups (broad SMARTS) is 2. The lowest BCUT2D eigenvalue weighted by atomic mass is 10.2. The van der Waals surface area contributed by atoms with Gasteiger partial charge in [0.15, 0.2) is 0 Å². The van der Waals surface area contributed by atoms with Gasteiger partial charge in [0.25, 0.3) is 0 Å². The molecular formula is C11H15NO4S2. The standard InChI is InChI=1S/C11H15NO4S2/c1-7-8(4-5-10(15)16)18-11(12-7)17-6-2-3-9(13)14/h2-6H2,1H3,(H,13,14)(H,15,16). The Bertz CT molecular complexity index is 431. The van der Waals surface area contributed by atoms with Gasteiger partial charge in [-0.2, -0.15) is 0 Å². The molecule has 0 unspecified atom stereocenters. The van der Waals surface area contributed by atoms with Gasteiger partial charge >= 0.3 is 11.9 Å². The van der Waals surface area contributed by atoms with Crippen LogP contribution in [-0.2, 0) is 16.0 Å². The van der Waals surface area contributed by atoms with E-state index in [-0.39, 0.29) is 12.8 Å². The maximum atomic E-state index is 10.5. The SMILES string of the molecule is Cc1nc(SCCCC(=O)O)sc1CCC(=O)O. The second kappa shape index (κ2) is 7.38. The summed E-state index contributed by atoms with van der Waals surface area (Å²) in [4.78, 5) is 26.2. The minimum Gasteiger partial charge on any atom is -0.481 e. The van der Waals surface area contributed by atoms with Crippen molar-refractivity contribution in [1.82, 2.24) is 4.98 Å². The van der Waals surface area contributed by atoms with Crippen LogP contribution in [0.25, 0.3) is 0 Å². The number of carbonyl (C=O) groups is 2. The van der Waals surface area contributed by atoms with Crippen LogP contribution in [0.5, 0.6) is 0 Å². The van der Waals surface area contributed by atoms with E-state index in [2.05, 4.69) is 4.98 Å². The third-order valence-electron chi connectivity index (χ3n) is 2.20. The minimum atomic E-state index is -0.807. The zero-order valence-corrected chi connectivity index (χ0v) is 11.6. The first kappa shape index (κ1) is 15.0. The highest BCUT2D eigenvalue weighted by Gasteiger charge is 2.09. The minimum absolute atomic E-state index is 0.117. The summed E-state index contributed by atoms with van der Waals surface area (Å²) in [5.41, 5.74) is 0.877. The van der Waals surface area contributed by atoms with E-state index in [0.29, 0.717) is 12.8 Å². The number of aromatic nitrogens is 1. The lowest BCUT2D eigenvalue weighted by molar-refractivity contribution is -0.138. The second-order valence-corrected chi connectivity index (χ2v) is 6.15. The molecule has 1 aromatic heterocycles. The summed E-state index contributed by atoms with van der Waals surface area (Å²) < 4.78 is 0.887. The fourth-order valence-electron chi connectivity index (χ4n) is 1.30. The fourth-order valence-corrected chi connectivity index (χ4v) is 3.54. The largest absolute Gasteiger partial charge is 0.481 e. The van der Waals surface area contributed by atoms with Crippen molar-refractivity contribution in [2.75, 3.05) is 5.75 Å². The van der Waals surface area contributed by atoms with Gasteiger partial charge in [-0.1, -0.05) is 11.8 Å². The average molecular weight is 289 g/mol. The normalized spacial score (nSPS) is 10.5. The summed E-state index contributed by atoms with van der Waals surface area (Å²) in [6.45, 7) is 1.87. The van der Waals surface area contributed by atoms with E-state index in [9.17, 15) is 9.59 Å². The van der Waals surface area contributed by atoms with Gasteiger partial charge in [-0.05, 0) is 19.8 Å². The van der Waals surface area contributed by atoms with Gasteiger partial charge in [0.2, 0.25) is 0 Å². The van der Waals surface area contributed by atoms with Crippen LogP contribution in [0.2, 0.25) is 0 Å². The van der Waals surface area contributed by atoms with Gasteiger partial charge in [0.05, 0.1) is 12.1 Å². The van der Waals surface area contributed by atoms with Crippen molar-refractivity contribution in [2.24, 2.45) is 0 Å². The van der Waals surface area contributed by atoms with Crippen molar-refractivity contribution in [3.8, 4) is 0 Å². The van der Waals surface area contributed by atoms with Crippen LogP contribution in [0.4, 0.5) is 0 Å². The molecule has 0 spiro atoms. The number of hydrogen-bond acceptors (Lipinski definition) is 5. The lowest BCUT2D eigenvalue weighted by Crippen LogP contribution is -1.96. The Morgan fingerprint density at radius 1 is 1.28 bits per heavy atom. The monoisotopic (exact) mass is 289 g/mol. The summed E-state index contributed by atoms with van der Waals surface area (Å²) in [6.07, 6.45) is 1.41. The second-order valence-electron chi connectivity index (χ2n) is 3.73. The molecule has 5 nitrogen and oxygen atoms in total.